The highest BCUT2D eigenvalue weighted by Gasteiger charge is 2.26. The summed E-state index contributed by atoms with van der Waals surface area (Å²) in [5, 5.41) is 3.85. The zero-order valence-electron chi connectivity index (χ0n) is 13.5. The van der Waals surface area contributed by atoms with Crippen LogP contribution in [0.25, 0.3) is 0 Å². The second kappa shape index (κ2) is 7.96. The van der Waals surface area contributed by atoms with Crippen molar-refractivity contribution < 1.29 is 14.3 Å². The number of hydrogen-bond acceptors (Lipinski definition) is 4. The van der Waals surface area contributed by atoms with Crippen molar-refractivity contribution >= 4 is 23.4 Å². The summed E-state index contributed by atoms with van der Waals surface area (Å²) in [6.07, 6.45) is 0.447. The number of piperazine rings is 1. The fourth-order valence-electron chi connectivity index (χ4n) is 3.05. The molecule has 0 radical (unpaired) electrons. The van der Waals surface area contributed by atoms with E-state index in [4.69, 9.17) is 16.3 Å². The molecule has 2 aliphatic rings. The van der Waals surface area contributed by atoms with E-state index in [0.29, 0.717) is 56.4 Å². The van der Waals surface area contributed by atoms with Gasteiger partial charge in [-0.3, -0.25) is 9.59 Å². The highest BCUT2D eigenvalue weighted by atomic mass is 35.5. The second-order valence-electron chi connectivity index (χ2n) is 6.11. The van der Waals surface area contributed by atoms with Crippen LogP contribution in [0.4, 0.5) is 0 Å². The molecule has 0 aromatic heterocycles. The largest absolute Gasteiger partial charge is 0.378 e. The van der Waals surface area contributed by atoms with Crippen LogP contribution in [0.2, 0.25) is 5.02 Å². The molecule has 7 heteroatoms. The van der Waals surface area contributed by atoms with Crippen LogP contribution in [0.1, 0.15) is 16.8 Å². The summed E-state index contributed by atoms with van der Waals surface area (Å²) in [5.74, 6) is 0.0831. The number of carbonyl (C=O) groups excluding carboxylic acids is 2. The molecule has 2 heterocycles. The van der Waals surface area contributed by atoms with Crippen LogP contribution in [-0.4, -0.2) is 73.6 Å². The lowest BCUT2D eigenvalue weighted by atomic mass is 10.1. The Balaban J connectivity index is 1.50. The van der Waals surface area contributed by atoms with Crippen LogP contribution in [0, 0.1) is 0 Å². The maximum absolute atomic E-state index is 12.5. The van der Waals surface area contributed by atoms with Crippen molar-refractivity contribution in [2.75, 3.05) is 45.9 Å². The topological polar surface area (TPSA) is 61.9 Å². The molecule has 1 aromatic rings. The van der Waals surface area contributed by atoms with Gasteiger partial charge in [-0.15, -0.1) is 0 Å². The first-order valence-corrected chi connectivity index (χ1v) is 8.65. The third kappa shape index (κ3) is 4.26. The minimum absolute atomic E-state index is 0.0352. The van der Waals surface area contributed by atoms with Gasteiger partial charge in [0, 0.05) is 55.8 Å². The van der Waals surface area contributed by atoms with Gasteiger partial charge in [0.1, 0.15) is 0 Å². The number of nitrogens with zero attached hydrogens (tertiary/aromatic N) is 2. The number of carbonyl (C=O) groups is 2. The molecule has 1 atom stereocenters. The number of halogens is 1. The Hall–Kier alpha value is -1.63. The van der Waals surface area contributed by atoms with Gasteiger partial charge >= 0.3 is 0 Å². The molecule has 1 unspecified atom stereocenters. The number of nitrogens with one attached hydrogen (secondary N) is 1. The fraction of sp³-hybridized carbons (Fsp3) is 0.529. The van der Waals surface area contributed by atoms with Crippen molar-refractivity contribution in [3.05, 3.63) is 34.9 Å². The average Bonchev–Trinajstić information content (AvgIpc) is 2.62. The summed E-state index contributed by atoms with van der Waals surface area (Å²) < 4.78 is 5.38. The van der Waals surface area contributed by atoms with Crippen molar-refractivity contribution in [3.8, 4) is 0 Å². The Bertz CT molecular complexity index is 596. The summed E-state index contributed by atoms with van der Waals surface area (Å²) in [4.78, 5) is 28.5. The third-order valence-corrected chi connectivity index (χ3v) is 4.65. The van der Waals surface area contributed by atoms with E-state index in [1.54, 1.807) is 29.2 Å². The molecule has 0 saturated carbocycles. The van der Waals surface area contributed by atoms with Crippen molar-refractivity contribution in [2.45, 2.75) is 12.5 Å². The number of morpholine rings is 1. The molecule has 6 nitrogen and oxygen atoms in total. The van der Waals surface area contributed by atoms with Gasteiger partial charge in [0.25, 0.3) is 5.91 Å². The van der Waals surface area contributed by atoms with Gasteiger partial charge in [0.15, 0.2) is 0 Å². The standard InChI is InChI=1S/C17H22ClN3O3/c18-14-3-1-2-13(10-14)17(23)21-7-5-20(6-8-21)16(22)11-15-12-24-9-4-19-15/h1-3,10,15,19H,4-9,11-12H2. The minimum atomic E-state index is -0.0352. The monoisotopic (exact) mass is 351 g/mol. The summed E-state index contributed by atoms with van der Waals surface area (Å²) in [5.41, 5.74) is 0.589. The summed E-state index contributed by atoms with van der Waals surface area (Å²) in [6, 6.07) is 7.06. The van der Waals surface area contributed by atoms with Gasteiger partial charge in [0.2, 0.25) is 5.91 Å². The number of amides is 2. The second-order valence-corrected chi connectivity index (χ2v) is 6.55. The number of ether oxygens (including phenoxy) is 1. The maximum Gasteiger partial charge on any atom is 0.254 e. The van der Waals surface area contributed by atoms with Crippen LogP contribution in [0.5, 0.6) is 0 Å². The molecule has 24 heavy (non-hydrogen) atoms. The van der Waals surface area contributed by atoms with Gasteiger partial charge in [-0.1, -0.05) is 17.7 Å². The predicted octanol–water partition coefficient (Wildman–Crippen LogP) is 1.00. The molecule has 0 spiro atoms. The summed E-state index contributed by atoms with van der Waals surface area (Å²) in [6.45, 7) is 4.31. The first kappa shape index (κ1) is 17.2. The summed E-state index contributed by atoms with van der Waals surface area (Å²) >= 11 is 5.95. The van der Waals surface area contributed by atoms with Crippen molar-refractivity contribution in [1.29, 1.82) is 0 Å². The molecule has 0 bridgehead atoms. The summed E-state index contributed by atoms with van der Waals surface area (Å²) in [7, 11) is 0. The molecule has 130 valence electrons. The first-order valence-electron chi connectivity index (χ1n) is 8.27. The fourth-order valence-corrected chi connectivity index (χ4v) is 3.24. The van der Waals surface area contributed by atoms with E-state index in [9.17, 15) is 9.59 Å². The maximum atomic E-state index is 12.5. The van der Waals surface area contributed by atoms with E-state index in [-0.39, 0.29) is 17.9 Å². The third-order valence-electron chi connectivity index (χ3n) is 4.41. The molecular weight excluding hydrogens is 330 g/mol. The average molecular weight is 352 g/mol. The van der Waals surface area contributed by atoms with Gasteiger partial charge in [-0.2, -0.15) is 0 Å². The van der Waals surface area contributed by atoms with Crippen molar-refractivity contribution in [2.24, 2.45) is 0 Å². The normalized spacial score (nSPS) is 21.6. The molecule has 0 aliphatic carbocycles. The van der Waals surface area contributed by atoms with E-state index in [1.165, 1.54) is 0 Å². The van der Waals surface area contributed by atoms with Crippen LogP contribution >= 0.6 is 11.6 Å². The molecule has 2 amide bonds. The first-order chi connectivity index (χ1) is 11.6. The van der Waals surface area contributed by atoms with Crippen LogP contribution in [-0.2, 0) is 9.53 Å². The Morgan fingerprint density at radius 2 is 1.96 bits per heavy atom. The smallest absolute Gasteiger partial charge is 0.254 e. The number of benzene rings is 1. The molecule has 3 rings (SSSR count). The van der Waals surface area contributed by atoms with E-state index < -0.39 is 0 Å². The number of rotatable bonds is 3. The number of hydrogen-bond donors (Lipinski definition) is 1. The molecule has 2 fully saturated rings. The van der Waals surface area contributed by atoms with E-state index in [2.05, 4.69) is 5.32 Å². The van der Waals surface area contributed by atoms with E-state index >= 15 is 0 Å². The Morgan fingerprint density at radius 3 is 2.62 bits per heavy atom. The quantitative estimate of drug-likeness (QED) is 0.882. The molecular formula is C17H22ClN3O3. The van der Waals surface area contributed by atoms with Crippen LogP contribution in [0.3, 0.4) is 0 Å². The lowest BCUT2D eigenvalue weighted by Crippen LogP contribution is -2.52. The molecule has 2 aliphatic heterocycles. The Kier molecular flexibility index (Phi) is 5.71. The van der Waals surface area contributed by atoms with E-state index in [1.807, 2.05) is 4.90 Å². The highest BCUT2D eigenvalue weighted by Crippen LogP contribution is 2.15. The molecule has 2 saturated heterocycles. The van der Waals surface area contributed by atoms with Gasteiger partial charge in [-0.05, 0) is 18.2 Å². The van der Waals surface area contributed by atoms with Crippen molar-refractivity contribution in [1.82, 2.24) is 15.1 Å². The van der Waals surface area contributed by atoms with Gasteiger partial charge in [-0.25, -0.2) is 0 Å². The van der Waals surface area contributed by atoms with Gasteiger partial charge < -0.3 is 19.9 Å². The predicted molar refractivity (Wildman–Crippen MR) is 91.2 cm³/mol. The minimum Gasteiger partial charge on any atom is -0.378 e. The zero-order valence-corrected chi connectivity index (χ0v) is 14.3. The SMILES string of the molecule is O=C(CC1COCCN1)N1CCN(C(=O)c2cccc(Cl)c2)CC1. The highest BCUT2D eigenvalue weighted by molar-refractivity contribution is 6.30. The van der Waals surface area contributed by atoms with Crippen molar-refractivity contribution in [3.63, 3.8) is 0 Å². The zero-order chi connectivity index (χ0) is 16.9. The Morgan fingerprint density at radius 1 is 1.21 bits per heavy atom. The van der Waals surface area contributed by atoms with Gasteiger partial charge in [0.05, 0.1) is 13.2 Å². The van der Waals surface area contributed by atoms with Crippen LogP contribution < -0.4 is 5.32 Å². The lowest BCUT2D eigenvalue weighted by molar-refractivity contribution is -0.133. The molecule has 1 N–H and O–H groups in total. The lowest BCUT2D eigenvalue weighted by Gasteiger charge is -2.36. The van der Waals surface area contributed by atoms with Crippen LogP contribution in [0.15, 0.2) is 24.3 Å². The van der Waals surface area contributed by atoms with E-state index in [0.717, 1.165) is 6.54 Å². The Labute approximate surface area is 146 Å². The molecule has 1 aromatic carbocycles.